The Kier molecular flexibility index (Phi) is 3.89. The van der Waals surface area contributed by atoms with Crippen molar-refractivity contribution in [3.63, 3.8) is 0 Å². The fraction of sp³-hybridized carbons (Fsp3) is 0.462. The second kappa shape index (κ2) is 5.46. The van der Waals surface area contributed by atoms with Crippen LogP contribution in [0.2, 0.25) is 0 Å². The molecule has 1 saturated heterocycles. The van der Waals surface area contributed by atoms with Gasteiger partial charge in [-0.1, -0.05) is 13.0 Å². The summed E-state index contributed by atoms with van der Waals surface area (Å²) in [6, 6.07) is 3.88. The molecule has 1 aliphatic heterocycles. The summed E-state index contributed by atoms with van der Waals surface area (Å²) in [6.45, 7) is 2.56. The van der Waals surface area contributed by atoms with Crippen molar-refractivity contribution in [2.75, 3.05) is 13.1 Å². The van der Waals surface area contributed by atoms with Crippen LogP contribution in [0.15, 0.2) is 18.2 Å². The maximum Gasteiger partial charge on any atom is 0.311 e. The van der Waals surface area contributed by atoms with E-state index in [1.54, 1.807) is 0 Å². The lowest BCUT2D eigenvalue weighted by Gasteiger charge is -2.34. The van der Waals surface area contributed by atoms with Crippen LogP contribution in [0.3, 0.4) is 0 Å². The van der Waals surface area contributed by atoms with Crippen molar-refractivity contribution < 1.29 is 19.9 Å². The number of nitro groups is 1. The first kappa shape index (κ1) is 14.3. The van der Waals surface area contributed by atoms with Gasteiger partial charge in [-0.25, -0.2) is 0 Å². The predicted molar refractivity (Wildman–Crippen MR) is 70.5 cm³/mol. The number of piperidine rings is 1. The number of aromatic hydroxyl groups is 1. The minimum atomic E-state index is -0.727. The highest BCUT2D eigenvalue weighted by Gasteiger charge is 2.30. The molecule has 0 saturated carbocycles. The number of phenols is 1. The molecule has 20 heavy (non-hydrogen) atoms. The summed E-state index contributed by atoms with van der Waals surface area (Å²) in [5.74, 6) is -1.13. The fourth-order valence-electron chi connectivity index (χ4n) is 2.34. The standard InChI is InChI=1S/C13H16N2O5/c1-8-7-14(6-5-11(8)16)13(18)9-3-2-4-10(12(9)17)15(19)20/h2-4,8,11,16-17H,5-7H2,1H3. The maximum absolute atomic E-state index is 12.3. The molecule has 7 heteroatoms. The molecule has 0 bridgehead atoms. The fourth-order valence-corrected chi connectivity index (χ4v) is 2.34. The molecule has 2 rings (SSSR count). The molecular weight excluding hydrogens is 264 g/mol. The number of hydrogen-bond donors (Lipinski definition) is 2. The van der Waals surface area contributed by atoms with Gasteiger partial charge in [0.25, 0.3) is 5.91 Å². The normalized spacial score (nSPS) is 22.6. The monoisotopic (exact) mass is 280 g/mol. The van der Waals surface area contributed by atoms with Crippen LogP contribution in [-0.2, 0) is 0 Å². The highest BCUT2D eigenvalue weighted by Crippen LogP contribution is 2.31. The predicted octanol–water partition coefficient (Wildman–Crippen LogP) is 1.14. The van der Waals surface area contributed by atoms with E-state index in [0.29, 0.717) is 19.5 Å². The number of nitrogens with zero attached hydrogens (tertiary/aromatic N) is 2. The molecule has 2 unspecified atom stereocenters. The lowest BCUT2D eigenvalue weighted by atomic mass is 9.96. The quantitative estimate of drug-likeness (QED) is 0.624. The molecule has 1 amide bonds. The highest BCUT2D eigenvalue weighted by molar-refractivity contribution is 5.98. The molecule has 1 aromatic carbocycles. The van der Waals surface area contributed by atoms with Gasteiger partial charge in [0.05, 0.1) is 16.6 Å². The third-order valence-corrected chi connectivity index (χ3v) is 3.59. The van der Waals surface area contributed by atoms with Gasteiger partial charge in [0, 0.05) is 19.2 Å². The average Bonchev–Trinajstić information content (AvgIpc) is 2.41. The van der Waals surface area contributed by atoms with Crippen molar-refractivity contribution in [1.29, 1.82) is 0 Å². The van der Waals surface area contributed by atoms with Crippen molar-refractivity contribution in [2.45, 2.75) is 19.4 Å². The van der Waals surface area contributed by atoms with E-state index >= 15 is 0 Å². The zero-order valence-corrected chi connectivity index (χ0v) is 11.0. The smallest absolute Gasteiger partial charge is 0.311 e. The minimum absolute atomic E-state index is 0.0615. The van der Waals surface area contributed by atoms with E-state index in [1.165, 1.54) is 17.0 Å². The van der Waals surface area contributed by atoms with Crippen LogP contribution >= 0.6 is 0 Å². The molecule has 0 spiro atoms. The van der Waals surface area contributed by atoms with Crippen molar-refractivity contribution >= 4 is 11.6 Å². The van der Waals surface area contributed by atoms with Crippen molar-refractivity contribution in [3.05, 3.63) is 33.9 Å². The third kappa shape index (κ3) is 2.57. The van der Waals surface area contributed by atoms with Gasteiger partial charge in [-0.15, -0.1) is 0 Å². The van der Waals surface area contributed by atoms with Crippen molar-refractivity contribution in [3.8, 4) is 5.75 Å². The van der Waals surface area contributed by atoms with Crippen LogP contribution in [0.5, 0.6) is 5.75 Å². The van der Waals surface area contributed by atoms with E-state index < -0.39 is 28.4 Å². The zero-order valence-electron chi connectivity index (χ0n) is 11.0. The van der Waals surface area contributed by atoms with E-state index in [0.717, 1.165) is 6.07 Å². The third-order valence-electron chi connectivity index (χ3n) is 3.59. The number of para-hydroxylation sites is 1. The van der Waals surface area contributed by atoms with E-state index in [4.69, 9.17) is 0 Å². The Morgan fingerprint density at radius 2 is 2.20 bits per heavy atom. The number of aliphatic hydroxyl groups is 1. The number of benzene rings is 1. The summed E-state index contributed by atoms with van der Waals surface area (Å²) in [5, 5.41) is 30.2. The van der Waals surface area contributed by atoms with Crippen LogP contribution in [0.25, 0.3) is 0 Å². The Morgan fingerprint density at radius 3 is 2.80 bits per heavy atom. The molecule has 2 atom stereocenters. The van der Waals surface area contributed by atoms with Gasteiger partial charge in [-0.3, -0.25) is 14.9 Å². The molecule has 0 aromatic heterocycles. The zero-order chi connectivity index (χ0) is 14.9. The molecule has 2 N–H and O–H groups in total. The molecule has 1 fully saturated rings. The number of carbonyl (C=O) groups excluding carboxylic acids is 1. The summed E-state index contributed by atoms with van der Waals surface area (Å²) in [5.41, 5.74) is -0.566. The molecule has 1 heterocycles. The van der Waals surface area contributed by atoms with Gasteiger partial charge in [-0.05, 0) is 18.4 Å². The Labute approximate surface area is 115 Å². The van der Waals surface area contributed by atoms with Gasteiger partial charge >= 0.3 is 5.69 Å². The Morgan fingerprint density at radius 1 is 1.50 bits per heavy atom. The first-order valence-electron chi connectivity index (χ1n) is 6.35. The molecule has 0 radical (unpaired) electrons. The van der Waals surface area contributed by atoms with E-state index in [1.807, 2.05) is 6.92 Å². The number of phenolic OH excluding ortho intramolecular Hbond substituents is 1. The second-order valence-electron chi connectivity index (χ2n) is 5.01. The molecular formula is C13H16N2O5. The van der Waals surface area contributed by atoms with Crippen molar-refractivity contribution in [1.82, 2.24) is 4.90 Å². The maximum atomic E-state index is 12.3. The van der Waals surface area contributed by atoms with Gasteiger partial charge in [0.2, 0.25) is 5.75 Å². The molecule has 7 nitrogen and oxygen atoms in total. The van der Waals surface area contributed by atoms with Gasteiger partial charge < -0.3 is 15.1 Å². The van der Waals surface area contributed by atoms with E-state index in [2.05, 4.69) is 0 Å². The molecule has 1 aliphatic rings. The summed E-state index contributed by atoms with van der Waals surface area (Å²) in [6.07, 6.45) is 0.0144. The first-order chi connectivity index (χ1) is 9.41. The minimum Gasteiger partial charge on any atom is -0.502 e. The van der Waals surface area contributed by atoms with E-state index in [9.17, 15) is 25.1 Å². The number of rotatable bonds is 2. The summed E-state index contributed by atoms with van der Waals surface area (Å²) in [4.78, 5) is 23.8. The molecule has 1 aromatic rings. The van der Waals surface area contributed by atoms with Crippen molar-refractivity contribution in [2.24, 2.45) is 5.92 Å². The number of likely N-dealkylation sites (tertiary alicyclic amines) is 1. The number of aliphatic hydroxyl groups excluding tert-OH is 1. The number of amides is 1. The van der Waals surface area contributed by atoms with Crippen LogP contribution in [0, 0.1) is 16.0 Å². The lowest BCUT2D eigenvalue weighted by Crippen LogP contribution is -2.45. The van der Waals surface area contributed by atoms with Gasteiger partial charge in [0.1, 0.15) is 0 Å². The largest absolute Gasteiger partial charge is 0.502 e. The van der Waals surface area contributed by atoms with Crippen LogP contribution in [-0.4, -0.2) is 45.1 Å². The average molecular weight is 280 g/mol. The topological polar surface area (TPSA) is 104 Å². The molecule has 108 valence electrons. The lowest BCUT2D eigenvalue weighted by molar-refractivity contribution is -0.385. The van der Waals surface area contributed by atoms with Gasteiger partial charge in [0.15, 0.2) is 0 Å². The number of hydrogen-bond acceptors (Lipinski definition) is 5. The summed E-state index contributed by atoms with van der Waals surface area (Å²) >= 11 is 0. The number of carbonyl (C=O) groups is 1. The van der Waals surface area contributed by atoms with Crippen LogP contribution < -0.4 is 0 Å². The Bertz CT molecular complexity index is 546. The Balaban J connectivity index is 2.26. The Hall–Kier alpha value is -2.15. The highest BCUT2D eigenvalue weighted by atomic mass is 16.6. The SMILES string of the molecule is CC1CN(C(=O)c2cccc([N+](=O)[O-])c2O)CCC1O. The van der Waals surface area contributed by atoms with Crippen LogP contribution in [0.1, 0.15) is 23.7 Å². The van der Waals surface area contributed by atoms with Gasteiger partial charge in [-0.2, -0.15) is 0 Å². The summed E-state index contributed by atoms with van der Waals surface area (Å²) in [7, 11) is 0. The first-order valence-corrected chi connectivity index (χ1v) is 6.35. The molecule has 0 aliphatic carbocycles. The second-order valence-corrected chi connectivity index (χ2v) is 5.01. The van der Waals surface area contributed by atoms with E-state index in [-0.39, 0.29) is 11.5 Å². The summed E-state index contributed by atoms with van der Waals surface area (Å²) < 4.78 is 0. The van der Waals surface area contributed by atoms with Crippen LogP contribution in [0.4, 0.5) is 5.69 Å². The number of nitro benzene ring substituents is 1.